The number of hydrogen-bond acceptors (Lipinski definition) is 7. The van der Waals surface area contributed by atoms with Crippen molar-refractivity contribution >= 4 is 22.1 Å². The molecular formula is C17H22O7S. The smallest absolute Gasteiger partial charge is 0.311 e. The highest BCUT2D eigenvalue weighted by atomic mass is 32.2. The summed E-state index contributed by atoms with van der Waals surface area (Å²) in [7, 11) is -3.87. The van der Waals surface area contributed by atoms with Crippen LogP contribution in [0.15, 0.2) is 12.2 Å². The zero-order chi connectivity index (χ0) is 18.0. The minimum Gasteiger partial charge on any atom is -0.459 e. The Hall–Kier alpha value is -1.41. The lowest BCUT2D eigenvalue weighted by Crippen LogP contribution is -2.47. The number of ether oxygens (including phenoxy) is 2. The van der Waals surface area contributed by atoms with Gasteiger partial charge in [0.25, 0.3) is 10.1 Å². The Balaban J connectivity index is 1.62. The van der Waals surface area contributed by atoms with Crippen LogP contribution in [0.2, 0.25) is 0 Å². The molecule has 25 heavy (non-hydrogen) atoms. The van der Waals surface area contributed by atoms with Crippen LogP contribution in [0.1, 0.15) is 39.5 Å². The Labute approximate surface area is 146 Å². The molecule has 0 radical (unpaired) electrons. The Morgan fingerprint density at radius 3 is 2.68 bits per heavy atom. The van der Waals surface area contributed by atoms with E-state index >= 15 is 0 Å². The van der Waals surface area contributed by atoms with Gasteiger partial charge in [-0.1, -0.05) is 6.08 Å². The number of carbonyl (C=O) groups excluding carboxylic acids is 2. The molecule has 0 spiro atoms. The summed E-state index contributed by atoms with van der Waals surface area (Å²) >= 11 is 0. The van der Waals surface area contributed by atoms with Gasteiger partial charge in [0.05, 0.1) is 5.92 Å². The van der Waals surface area contributed by atoms with Crippen molar-refractivity contribution in [2.24, 2.45) is 17.8 Å². The van der Waals surface area contributed by atoms with E-state index in [1.807, 2.05) is 19.1 Å². The van der Waals surface area contributed by atoms with Gasteiger partial charge < -0.3 is 9.47 Å². The second kappa shape index (κ2) is 5.54. The van der Waals surface area contributed by atoms with Crippen LogP contribution in [-0.4, -0.2) is 43.4 Å². The summed E-state index contributed by atoms with van der Waals surface area (Å²) in [5.74, 6) is -2.56. The molecule has 8 heteroatoms. The monoisotopic (exact) mass is 370 g/mol. The predicted octanol–water partition coefficient (Wildman–Crippen LogP) is 1.32. The lowest BCUT2D eigenvalue weighted by Gasteiger charge is -2.34. The van der Waals surface area contributed by atoms with E-state index in [1.165, 1.54) is 6.92 Å². The van der Waals surface area contributed by atoms with Gasteiger partial charge in [0.1, 0.15) is 23.1 Å². The standard InChI is InChI=1S/C17H22O7S/c1-9(18)22-13-10-8-11-14(13)24-25(20,21)15(11)12(10)16(19)23-17(2)6-4-3-5-7-17/h4,6,10-15H,3,5,7-8H2,1-2H3. The molecule has 0 aromatic heterocycles. The van der Waals surface area contributed by atoms with Crippen LogP contribution in [0, 0.1) is 17.8 Å². The number of rotatable bonds is 3. The average molecular weight is 370 g/mol. The van der Waals surface area contributed by atoms with Gasteiger partial charge in [0.15, 0.2) is 0 Å². The molecule has 4 rings (SSSR count). The summed E-state index contributed by atoms with van der Waals surface area (Å²) in [5, 5.41) is -0.891. The second-order valence-corrected chi connectivity index (χ2v) is 9.43. The van der Waals surface area contributed by atoms with E-state index < -0.39 is 51.0 Å². The van der Waals surface area contributed by atoms with Crippen LogP contribution >= 0.6 is 0 Å². The fourth-order valence-corrected chi connectivity index (χ4v) is 7.07. The van der Waals surface area contributed by atoms with Crippen LogP contribution in [0.5, 0.6) is 0 Å². The van der Waals surface area contributed by atoms with Crippen LogP contribution in [0.4, 0.5) is 0 Å². The van der Waals surface area contributed by atoms with E-state index in [1.54, 1.807) is 0 Å². The average Bonchev–Trinajstić information content (AvgIpc) is 3.09. The van der Waals surface area contributed by atoms with E-state index in [2.05, 4.69) is 0 Å². The molecule has 0 N–H and O–H groups in total. The fourth-order valence-electron chi connectivity index (χ4n) is 5.02. The topological polar surface area (TPSA) is 96.0 Å². The molecule has 7 nitrogen and oxygen atoms in total. The van der Waals surface area contributed by atoms with Crippen LogP contribution < -0.4 is 0 Å². The van der Waals surface area contributed by atoms with E-state index in [0.29, 0.717) is 12.8 Å². The normalized spacial score (nSPS) is 46.2. The van der Waals surface area contributed by atoms with E-state index in [4.69, 9.17) is 13.7 Å². The minimum absolute atomic E-state index is 0.313. The Kier molecular flexibility index (Phi) is 3.77. The van der Waals surface area contributed by atoms with E-state index in [9.17, 15) is 18.0 Å². The first-order valence-corrected chi connectivity index (χ1v) is 10.2. The maximum absolute atomic E-state index is 12.9. The van der Waals surface area contributed by atoms with Crippen LogP contribution in [-0.2, 0) is 33.4 Å². The molecular weight excluding hydrogens is 348 g/mol. The predicted molar refractivity (Wildman–Crippen MR) is 85.7 cm³/mol. The molecule has 0 aromatic carbocycles. The molecule has 7 atom stereocenters. The van der Waals surface area contributed by atoms with Gasteiger partial charge in [-0.05, 0) is 38.7 Å². The molecule has 138 valence electrons. The molecule has 2 bridgehead atoms. The van der Waals surface area contributed by atoms with Gasteiger partial charge in [0.2, 0.25) is 0 Å². The van der Waals surface area contributed by atoms with Crippen LogP contribution in [0.3, 0.4) is 0 Å². The zero-order valence-electron chi connectivity index (χ0n) is 14.2. The van der Waals surface area contributed by atoms with Crippen molar-refractivity contribution in [2.45, 2.75) is 62.6 Å². The Bertz CT molecular complexity index is 742. The van der Waals surface area contributed by atoms with Crippen molar-refractivity contribution in [2.75, 3.05) is 0 Å². The third kappa shape index (κ3) is 2.61. The number of allylic oxidation sites excluding steroid dienone is 1. The first-order valence-electron chi connectivity index (χ1n) is 8.72. The molecule has 4 aliphatic rings. The van der Waals surface area contributed by atoms with Gasteiger partial charge in [-0.3, -0.25) is 13.8 Å². The number of hydrogen-bond donors (Lipinski definition) is 0. The van der Waals surface area contributed by atoms with Crippen molar-refractivity contribution in [1.29, 1.82) is 0 Å². The van der Waals surface area contributed by atoms with Crippen molar-refractivity contribution in [1.82, 2.24) is 0 Å². The summed E-state index contributed by atoms with van der Waals surface area (Å²) in [5.41, 5.74) is -0.712. The minimum atomic E-state index is -3.87. The van der Waals surface area contributed by atoms with Crippen molar-refractivity contribution in [3.05, 3.63) is 12.2 Å². The van der Waals surface area contributed by atoms with Crippen molar-refractivity contribution in [3.8, 4) is 0 Å². The lowest BCUT2D eigenvalue weighted by atomic mass is 9.84. The van der Waals surface area contributed by atoms with E-state index in [-0.39, 0.29) is 11.8 Å². The van der Waals surface area contributed by atoms with Crippen molar-refractivity contribution < 1.29 is 31.7 Å². The third-order valence-corrected chi connectivity index (χ3v) is 7.75. The molecule has 0 aromatic rings. The van der Waals surface area contributed by atoms with Gasteiger partial charge in [-0.2, -0.15) is 8.42 Å². The maximum atomic E-state index is 12.9. The third-order valence-electron chi connectivity index (χ3n) is 5.95. The van der Waals surface area contributed by atoms with Crippen molar-refractivity contribution in [3.63, 3.8) is 0 Å². The Morgan fingerprint density at radius 2 is 2.04 bits per heavy atom. The maximum Gasteiger partial charge on any atom is 0.311 e. The molecule has 3 fully saturated rings. The zero-order valence-corrected chi connectivity index (χ0v) is 15.0. The molecule has 7 unspecified atom stereocenters. The SMILES string of the molecule is CC(=O)OC1C2CC3C1OS(=O)(=O)C3C2C(=O)OC1(C)C=CCCC1. The Morgan fingerprint density at radius 1 is 1.28 bits per heavy atom. The molecule has 1 aliphatic heterocycles. The molecule has 1 saturated heterocycles. The first kappa shape index (κ1) is 17.0. The quantitative estimate of drug-likeness (QED) is 0.420. The lowest BCUT2D eigenvalue weighted by molar-refractivity contribution is -0.169. The highest BCUT2D eigenvalue weighted by Gasteiger charge is 2.72. The summed E-state index contributed by atoms with van der Waals surface area (Å²) in [6.07, 6.45) is 5.54. The summed E-state index contributed by atoms with van der Waals surface area (Å²) in [6, 6.07) is 0. The molecule has 0 amide bonds. The molecule has 2 saturated carbocycles. The largest absolute Gasteiger partial charge is 0.459 e. The summed E-state index contributed by atoms with van der Waals surface area (Å²) in [4.78, 5) is 24.3. The van der Waals surface area contributed by atoms with Crippen LogP contribution in [0.25, 0.3) is 0 Å². The number of fused-ring (bicyclic) bond motifs is 1. The van der Waals surface area contributed by atoms with Gasteiger partial charge >= 0.3 is 11.9 Å². The first-order chi connectivity index (χ1) is 11.7. The highest BCUT2D eigenvalue weighted by Crippen LogP contribution is 2.59. The fraction of sp³-hybridized carbons (Fsp3) is 0.765. The number of esters is 2. The molecule has 3 aliphatic carbocycles. The summed E-state index contributed by atoms with van der Waals surface area (Å²) in [6.45, 7) is 3.11. The van der Waals surface area contributed by atoms with Gasteiger partial charge in [0, 0.05) is 18.8 Å². The molecule has 1 heterocycles. The van der Waals surface area contributed by atoms with Gasteiger partial charge in [-0.15, -0.1) is 0 Å². The number of carbonyl (C=O) groups is 2. The second-order valence-electron chi connectivity index (χ2n) is 7.71. The van der Waals surface area contributed by atoms with Gasteiger partial charge in [-0.25, -0.2) is 0 Å². The summed E-state index contributed by atoms with van der Waals surface area (Å²) < 4.78 is 41.1. The van der Waals surface area contributed by atoms with E-state index in [0.717, 1.165) is 12.8 Å². The highest BCUT2D eigenvalue weighted by molar-refractivity contribution is 7.87.